The van der Waals surface area contributed by atoms with Crippen LogP contribution in [0.5, 0.6) is 11.5 Å². The van der Waals surface area contributed by atoms with Crippen molar-refractivity contribution in [2.45, 2.75) is 25.1 Å². The van der Waals surface area contributed by atoms with Crippen LogP contribution in [0, 0.1) is 5.92 Å². The van der Waals surface area contributed by atoms with Crippen LogP contribution in [0.1, 0.15) is 24.0 Å². The van der Waals surface area contributed by atoms with E-state index in [1.807, 2.05) is 12.1 Å². The van der Waals surface area contributed by atoms with Crippen LogP contribution in [0.3, 0.4) is 0 Å². The monoisotopic (exact) mass is 514 g/mol. The normalized spacial score (nSPS) is 16.9. The predicted molar refractivity (Wildman–Crippen MR) is 129 cm³/mol. The van der Waals surface area contributed by atoms with Gasteiger partial charge in [0.2, 0.25) is 15.9 Å². The van der Waals surface area contributed by atoms with Crippen molar-refractivity contribution in [1.82, 2.24) is 9.21 Å². The summed E-state index contributed by atoms with van der Waals surface area (Å²) in [6.45, 7) is 0.880. The van der Waals surface area contributed by atoms with Crippen LogP contribution >= 0.6 is 23.2 Å². The first-order chi connectivity index (χ1) is 15.7. The summed E-state index contributed by atoms with van der Waals surface area (Å²) in [7, 11) is 1.16. The molecule has 180 valence electrons. The van der Waals surface area contributed by atoms with Gasteiger partial charge in [-0.15, -0.1) is 0 Å². The highest BCUT2D eigenvalue weighted by molar-refractivity contribution is 7.88. The highest BCUT2D eigenvalue weighted by Crippen LogP contribution is 2.30. The van der Waals surface area contributed by atoms with E-state index in [9.17, 15) is 13.2 Å². The number of carbonyl (C=O) groups is 1. The first-order valence-electron chi connectivity index (χ1n) is 10.5. The molecular formula is C23H28Cl2N2O5S. The van der Waals surface area contributed by atoms with Gasteiger partial charge in [0.1, 0.15) is 0 Å². The Morgan fingerprint density at radius 2 is 1.79 bits per heavy atom. The third-order valence-corrected chi connectivity index (χ3v) is 8.24. The van der Waals surface area contributed by atoms with Crippen molar-refractivity contribution in [3.05, 3.63) is 57.6 Å². The van der Waals surface area contributed by atoms with E-state index in [-0.39, 0.29) is 18.2 Å². The van der Waals surface area contributed by atoms with Gasteiger partial charge in [-0.05, 0) is 42.7 Å². The number of amides is 1. The lowest BCUT2D eigenvalue weighted by molar-refractivity contribution is -0.135. The van der Waals surface area contributed by atoms with Gasteiger partial charge in [-0.1, -0.05) is 35.3 Å². The van der Waals surface area contributed by atoms with E-state index in [4.69, 9.17) is 32.7 Å². The third kappa shape index (κ3) is 6.12. The quantitative estimate of drug-likeness (QED) is 0.527. The lowest BCUT2D eigenvalue weighted by Gasteiger charge is -2.33. The largest absolute Gasteiger partial charge is 0.493 e. The number of methoxy groups -OCH3 is 2. The summed E-state index contributed by atoms with van der Waals surface area (Å²) < 4.78 is 38.1. The fraction of sp³-hybridized carbons (Fsp3) is 0.435. The lowest BCUT2D eigenvalue weighted by Crippen LogP contribution is -2.46. The minimum absolute atomic E-state index is 0.0968. The number of piperidine rings is 1. The van der Waals surface area contributed by atoms with Crippen molar-refractivity contribution >= 4 is 39.1 Å². The van der Waals surface area contributed by atoms with Crippen LogP contribution in [0.2, 0.25) is 10.0 Å². The molecule has 1 aliphatic rings. The van der Waals surface area contributed by atoms with Crippen LogP contribution in [-0.2, 0) is 27.1 Å². The maximum atomic E-state index is 13.1. The molecule has 1 fully saturated rings. The van der Waals surface area contributed by atoms with Crippen LogP contribution in [-0.4, -0.2) is 57.9 Å². The second-order valence-electron chi connectivity index (χ2n) is 8.04. The van der Waals surface area contributed by atoms with E-state index in [1.165, 1.54) is 4.31 Å². The number of carbonyl (C=O) groups excluding carboxylic acids is 1. The van der Waals surface area contributed by atoms with E-state index in [0.29, 0.717) is 53.0 Å². The first kappa shape index (κ1) is 25.6. The Kier molecular flexibility index (Phi) is 8.50. The number of halogens is 2. The minimum Gasteiger partial charge on any atom is -0.493 e. The number of hydrogen-bond acceptors (Lipinski definition) is 5. The number of ether oxygens (including phenoxy) is 2. The number of nitrogens with zero attached hydrogens (tertiary/aromatic N) is 2. The van der Waals surface area contributed by atoms with Gasteiger partial charge in [0.25, 0.3) is 0 Å². The van der Waals surface area contributed by atoms with E-state index in [1.54, 1.807) is 50.4 Å². The smallest absolute Gasteiger partial charge is 0.227 e. The molecule has 33 heavy (non-hydrogen) atoms. The molecule has 0 N–H and O–H groups in total. The molecule has 0 aromatic heterocycles. The van der Waals surface area contributed by atoms with Gasteiger partial charge in [0, 0.05) is 42.3 Å². The molecular weight excluding hydrogens is 487 g/mol. The Balaban J connectivity index is 1.68. The molecule has 2 aromatic carbocycles. The Hall–Kier alpha value is -2.00. The molecule has 0 saturated carbocycles. The zero-order valence-corrected chi connectivity index (χ0v) is 21.2. The molecule has 1 aliphatic heterocycles. The van der Waals surface area contributed by atoms with Crippen LogP contribution in [0.25, 0.3) is 0 Å². The average Bonchev–Trinajstić information content (AvgIpc) is 2.81. The lowest BCUT2D eigenvalue weighted by atomic mass is 9.98. The van der Waals surface area contributed by atoms with Crippen LogP contribution in [0.15, 0.2) is 36.4 Å². The Bertz CT molecular complexity index is 1090. The second kappa shape index (κ2) is 11.0. The van der Waals surface area contributed by atoms with Gasteiger partial charge in [0.15, 0.2) is 11.5 Å². The molecule has 2 aromatic rings. The van der Waals surface area contributed by atoms with E-state index >= 15 is 0 Å². The fourth-order valence-electron chi connectivity index (χ4n) is 3.98. The number of rotatable bonds is 8. The molecule has 1 saturated heterocycles. The summed E-state index contributed by atoms with van der Waals surface area (Å²) in [5.74, 6) is 0.389. The molecule has 0 spiro atoms. The van der Waals surface area contributed by atoms with Crippen molar-refractivity contribution in [1.29, 1.82) is 0 Å². The molecule has 0 radical (unpaired) electrons. The van der Waals surface area contributed by atoms with Crippen molar-refractivity contribution in [3.63, 3.8) is 0 Å². The highest BCUT2D eigenvalue weighted by Gasteiger charge is 2.34. The summed E-state index contributed by atoms with van der Waals surface area (Å²) in [6.07, 6.45) is 1.24. The highest BCUT2D eigenvalue weighted by atomic mass is 35.5. The predicted octanol–water partition coefficient (Wildman–Crippen LogP) is 4.21. The molecule has 0 aliphatic carbocycles. The minimum atomic E-state index is -3.69. The SMILES string of the molecule is COc1ccc(CN(C)C(=O)C2CCCN(S(=O)(=O)Cc3c(Cl)cccc3Cl)C2)cc1OC. The zero-order valence-electron chi connectivity index (χ0n) is 18.9. The van der Waals surface area contributed by atoms with Crippen molar-refractivity contribution in [2.75, 3.05) is 34.4 Å². The summed E-state index contributed by atoms with van der Waals surface area (Å²) in [4.78, 5) is 14.7. The molecule has 10 heteroatoms. The van der Waals surface area contributed by atoms with E-state index in [2.05, 4.69) is 0 Å². The number of sulfonamides is 1. The summed E-state index contributed by atoms with van der Waals surface area (Å²) in [5.41, 5.74) is 1.26. The molecule has 3 rings (SSSR count). The Labute approximate surface area is 205 Å². The third-order valence-electron chi connectivity index (χ3n) is 5.76. The van der Waals surface area contributed by atoms with Crippen LogP contribution < -0.4 is 9.47 Å². The van der Waals surface area contributed by atoms with Gasteiger partial charge in [0.05, 0.1) is 25.9 Å². The Morgan fingerprint density at radius 1 is 1.12 bits per heavy atom. The summed E-state index contributed by atoms with van der Waals surface area (Å²) in [6, 6.07) is 10.4. The van der Waals surface area contributed by atoms with Crippen molar-refractivity contribution in [2.24, 2.45) is 5.92 Å². The summed E-state index contributed by atoms with van der Waals surface area (Å²) >= 11 is 12.3. The fourth-order valence-corrected chi connectivity index (χ4v) is 6.35. The van der Waals surface area contributed by atoms with Gasteiger partial charge in [-0.2, -0.15) is 0 Å². The summed E-state index contributed by atoms with van der Waals surface area (Å²) in [5, 5.41) is 0.621. The zero-order chi connectivity index (χ0) is 24.2. The van der Waals surface area contributed by atoms with E-state index < -0.39 is 15.9 Å². The number of benzene rings is 2. The van der Waals surface area contributed by atoms with Crippen LogP contribution in [0.4, 0.5) is 0 Å². The maximum Gasteiger partial charge on any atom is 0.227 e. The Morgan fingerprint density at radius 3 is 2.42 bits per heavy atom. The maximum absolute atomic E-state index is 13.1. The second-order valence-corrected chi connectivity index (χ2v) is 10.8. The van der Waals surface area contributed by atoms with Gasteiger partial charge < -0.3 is 14.4 Å². The topological polar surface area (TPSA) is 76.2 Å². The first-order valence-corrected chi connectivity index (χ1v) is 12.9. The molecule has 1 heterocycles. The average molecular weight is 515 g/mol. The number of hydrogen-bond donors (Lipinski definition) is 0. The van der Waals surface area contributed by atoms with Gasteiger partial charge in [-0.25, -0.2) is 12.7 Å². The van der Waals surface area contributed by atoms with Crippen molar-refractivity contribution < 1.29 is 22.7 Å². The molecule has 1 atom stereocenters. The molecule has 1 amide bonds. The standard InChI is InChI=1S/C23H28Cl2N2O5S/c1-26(13-16-9-10-21(31-2)22(12-16)32-3)23(28)17-6-5-11-27(14-17)33(29,30)15-18-19(24)7-4-8-20(18)25/h4,7-10,12,17H,5-6,11,13-15H2,1-3H3. The molecule has 1 unspecified atom stereocenters. The molecule has 0 bridgehead atoms. The van der Waals surface area contributed by atoms with E-state index in [0.717, 1.165) is 5.56 Å². The molecule has 7 nitrogen and oxygen atoms in total. The van der Waals surface area contributed by atoms with Crippen molar-refractivity contribution in [3.8, 4) is 11.5 Å². The van der Waals surface area contributed by atoms with Gasteiger partial charge in [-0.3, -0.25) is 4.79 Å². The van der Waals surface area contributed by atoms with Gasteiger partial charge >= 0.3 is 0 Å².